The van der Waals surface area contributed by atoms with Crippen LogP contribution in [0.15, 0.2) is 36.4 Å². The van der Waals surface area contributed by atoms with Gasteiger partial charge in [-0.3, -0.25) is 9.59 Å². The number of hydrogen-bond donors (Lipinski definition) is 1. The number of para-hydroxylation sites is 1. The van der Waals surface area contributed by atoms with Gasteiger partial charge in [0.05, 0.1) is 16.5 Å². The molecule has 0 bridgehead atoms. The second kappa shape index (κ2) is 11.9. The van der Waals surface area contributed by atoms with Gasteiger partial charge in [0.25, 0.3) is 11.8 Å². The molecule has 9 nitrogen and oxygen atoms in total. The third kappa shape index (κ3) is 5.23. The fraction of sp³-hybridized carbons (Fsp3) is 0.500. The molecular formula is C36H45N5O4S. The summed E-state index contributed by atoms with van der Waals surface area (Å²) in [7, 11) is 2.09. The third-order valence-electron chi connectivity index (χ3n) is 10.4. The van der Waals surface area contributed by atoms with Crippen LogP contribution in [0.2, 0.25) is 0 Å². The average molecular weight is 644 g/mol. The summed E-state index contributed by atoms with van der Waals surface area (Å²) in [4.78, 5) is 31.1. The SMILES string of the molecule is CCN(C)Cc1c(C(=O)N(C)C)n2c3c(cccc13)-c1c(C3CCCCC3)c3ccc(C(=O)NS(=O)(=O)C4CC4)cc3n1CCC2. The lowest BCUT2D eigenvalue weighted by molar-refractivity contribution is 0.0815. The smallest absolute Gasteiger partial charge is 0.270 e. The normalized spacial score (nSPS) is 17.2. The van der Waals surface area contributed by atoms with E-state index in [1.807, 2.05) is 26.2 Å². The van der Waals surface area contributed by atoms with Gasteiger partial charge in [0.1, 0.15) is 5.69 Å². The lowest BCUT2D eigenvalue weighted by Gasteiger charge is -2.25. The van der Waals surface area contributed by atoms with E-state index in [4.69, 9.17) is 0 Å². The van der Waals surface area contributed by atoms with E-state index in [-0.39, 0.29) is 5.91 Å². The first kappa shape index (κ1) is 31.0. The predicted octanol–water partition coefficient (Wildman–Crippen LogP) is 6.09. The Balaban J connectivity index is 1.48. The number of amides is 2. The lowest BCUT2D eigenvalue weighted by atomic mass is 9.81. The fourth-order valence-corrected chi connectivity index (χ4v) is 9.07. The summed E-state index contributed by atoms with van der Waals surface area (Å²) in [5.74, 6) is -0.164. The lowest BCUT2D eigenvalue weighted by Crippen LogP contribution is -2.33. The van der Waals surface area contributed by atoms with Gasteiger partial charge in [-0.25, -0.2) is 13.1 Å². The number of fused-ring (bicyclic) bond motifs is 4. The monoisotopic (exact) mass is 643 g/mol. The molecule has 244 valence electrons. The van der Waals surface area contributed by atoms with Gasteiger partial charge in [0, 0.05) is 66.7 Å². The van der Waals surface area contributed by atoms with Crippen LogP contribution < -0.4 is 4.72 Å². The van der Waals surface area contributed by atoms with Gasteiger partial charge in [-0.05, 0) is 69.3 Å². The van der Waals surface area contributed by atoms with E-state index < -0.39 is 21.2 Å². The van der Waals surface area contributed by atoms with Crippen molar-refractivity contribution in [3.8, 4) is 11.3 Å². The van der Waals surface area contributed by atoms with E-state index in [0.29, 0.717) is 37.4 Å². The van der Waals surface area contributed by atoms with E-state index in [9.17, 15) is 18.0 Å². The molecular weight excluding hydrogens is 598 g/mol. The number of nitrogens with one attached hydrogen (secondary N) is 1. The summed E-state index contributed by atoms with van der Waals surface area (Å²) < 4.78 is 32.2. The Morgan fingerprint density at radius 1 is 0.913 bits per heavy atom. The van der Waals surface area contributed by atoms with Crippen molar-refractivity contribution in [3.63, 3.8) is 0 Å². The highest BCUT2D eigenvalue weighted by molar-refractivity contribution is 7.91. The van der Waals surface area contributed by atoms with Gasteiger partial charge in [0.15, 0.2) is 0 Å². The molecule has 4 aromatic rings. The molecule has 10 heteroatoms. The molecule has 46 heavy (non-hydrogen) atoms. The second-order valence-corrected chi connectivity index (χ2v) is 15.7. The molecule has 1 aliphatic heterocycles. The largest absolute Gasteiger partial charge is 0.343 e. The first-order chi connectivity index (χ1) is 22.1. The number of aromatic nitrogens is 2. The van der Waals surface area contributed by atoms with Crippen LogP contribution in [-0.4, -0.2) is 72.1 Å². The number of nitrogens with zero attached hydrogens (tertiary/aromatic N) is 4. The molecule has 2 aliphatic carbocycles. The Bertz CT molecular complexity index is 1960. The summed E-state index contributed by atoms with van der Waals surface area (Å²) in [5.41, 5.74) is 7.89. The van der Waals surface area contributed by atoms with E-state index in [1.165, 1.54) is 30.5 Å². The number of benzene rings is 2. The highest BCUT2D eigenvalue weighted by Gasteiger charge is 2.37. The number of hydrogen-bond acceptors (Lipinski definition) is 5. The quantitative estimate of drug-likeness (QED) is 0.251. The zero-order valence-electron chi connectivity index (χ0n) is 27.4. The van der Waals surface area contributed by atoms with Crippen LogP contribution in [0.4, 0.5) is 0 Å². The van der Waals surface area contributed by atoms with E-state index >= 15 is 0 Å². The summed E-state index contributed by atoms with van der Waals surface area (Å²) in [6, 6.07) is 12.2. The summed E-state index contributed by atoms with van der Waals surface area (Å²) >= 11 is 0. The Labute approximate surface area is 271 Å². The molecule has 0 atom stereocenters. The van der Waals surface area contributed by atoms with Crippen molar-refractivity contribution in [3.05, 3.63) is 58.8 Å². The first-order valence-electron chi connectivity index (χ1n) is 16.9. The fourth-order valence-electron chi connectivity index (χ4n) is 7.77. The van der Waals surface area contributed by atoms with Crippen molar-refractivity contribution in [2.45, 2.75) is 89.1 Å². The molecule has 0 unspecified atom stereocenters. The summed E-state index contributed by atoms with van der Waals surface area (Å²) in [6.45, 7) is 5.10. The Morgan fingerprint density at radius 2 is 1.65 bits per heavy atom. The molecule has 2 aromatic heterocycles. The number of carbonyl (C=O) groups excluding carboxylic acids is 2. The van der Waals surface area contributed by atoms with Crippen LogP contribution in [-0.2, 0) is 29.7 Å². The number of carbonyl (C=O) groups is 2. The van der Waals surface area contributed by atoms with Gasteiger partial charge in [-0.2, -0.15) is 0 Å². The number of aryl methyl sites for hydroxylation is 2. The molecule has 3 aliphatic rings. The molecule has 2 amide bonds. The molecule has 0 spiro atoms. The van der Waals surface area contributed by atoms with Crippen molar-refractivity contribution in [1.82, 2.24) is 23.7 Å². The molecule has 1 N–H and O–H groups in total. The van der Waals surface area contributed by atoms with Gasteiger partial charge in [-0.15, -0.1) is 0 Å². The van der Waals surface area contributed by atoms with Crippen molar-refractivity contribution in [2.75, 3.05) is 27.7 Å². The standard InChI is InChI=1S/C36H45N5O4S/c1-5-39(4)22-29-26-13-9-14-28-32(26)41(34(29)36(43)38(2)3)20-10-19-40-30-21-24(35(42)37-46(44,45)25-16-17-25)15-18-27(30)31(33(28)40)23-11-7-6-8-12-23/h9,13-15,18,21,23,25H,5-8,10-12,16-17,19-20,22H2,1-4H3,(H,37,42). The third-order valence-corrected chi connectivity index (χ3v) is 12.2. The zero-order valence-corrected chi connectivity index (χ0v) is 28.3. The molecule has 3 heterocycles. The Kier molecular flexibility index (Phi) is 8.00. The van der Waals surface area contributed by atoms with E-state index in [1.54, 1.807) is 11.0 Å². The zero-order chi connectivity index (χ0) is 32.3. The maximum atomic E-state index is 13.9. The minimum atomic E-state index is -3.66. The van der Waals surface area contributed by atoms with Gasteiger partial charge in [0.2, 0.25) is 10.0 Å². The average Bonchev–Trinajstić information content (AvgIpc) is 3.81. The molecule has 2 saturated carbocycles. The highest BCUT2D eigenvalue weighted by atomic mass is 32.2. The summed E-state index contributed by atoms with van der Waals surface area (Å²) in [6.07, 6.45) is 7.85. The Morgan fingerprint density at radius 3 is 2.35 bits per heavy atom. The minimum absolute atomic E-state index is 0.0204. The van der Waals surface area contributed by atoms with Gasteiger partial charge >= 0.3 is 0 Å². The maximum absolute atomic E-state index is 13.9. The molecule has 2 aromatic carbocycles. The van der Waals surface area contributed by atoms with Gasteiger partial charge in [-0.1, -0.05) is 50.5 Å². The van der Waals surface area contributed by atoms with Crippen LogP contribution >= 0.6 is 0 Å². The Hall–Kier alpha value is -3.63. The maximum Gasteiger partial charge on any atom is 0.270 e. The van der Waals surface area contributed by atoms with Crippen LogP contribution in [0.25, 0.3) is 33.1 Å². The minimum Gasteiger partial charge on any atom is -0.343 e. The number of sulfonamides is 1. The summed E-state index contributed by atoms with van der Waals surface area (Å²) in [5, 5.41) is 1.78. The van der Waals surface area contributed by atoms with Crippen LogP contribution in [0.3, 0.4) is 0 Å². The molecule has 0 saturated heterocycles. The van der Waals surface area contributed by atoms with Crippen molar-refractivity contribution in [1.29, 1.82) is 0 Å². The first-order valence-corrected chi connectivity index (χ1v) is 18.4. The topological polar surface area (TPSA) is 96.7 Å². The van der Waals surface area contributed by atoms with Crippen LogP contribution in [0.5, 0.6) is 0 Å². The van der Waals surface area contributed by atoms with Gasteiger partial charge < -0.3 is 18.9 Å². The van der Waals surface area contributed by atoms with E-state index in [0.717, 1.165) is 71.0 Å². The number of rotatable bonds is 8. The molecule has 7 rings (SSSR count). The predicted molar refractivity (Wildman–Crippen MR) is 183 cm³/mol. The molecule has 2 fully saturated rings. The van der Waals surface area contributed by atoms with Crippen molar-refractivity contribution >= 4 is 43.6 Å². The molecule has 0 radical (unpaired) electrons. The highest BCUT2D eigenvalue weighted by Crippen LogP contribution is 2.47. The van der Waals surface area contributed by atoms with Crippen molar-refractivity contribution in [2.24, 2.45) is 0 Å². The van der Waals surface area contributed by atoms with E-state index in [2.05, 4.69) is 50.9 Å². The van der Waals surface area contributed by atoms with Crippen LogP contribution in [0.1, 0.15) is 96.2 Å². The second-order valence-electron chi connectivity index (χ2n) is 13.7. The van der Waals surface area contributed by atoms with Crippen LogP contribution in [0, 0.1) is 0 Å². The van der Waals surface area contributed by atoms with Crippen molar-refractivity contribution < 1.29 is 18.0 Å².